The summed E-state index contributed by atoms with van der Waals surface area (Å²) in [5.74, 6) is -0.443. The van der Waals surface area contributed by atoms with Gasteiger partial charge in [-0.25, -0.2) is 4.79 Å². The van der Waals surface area contributed by atoms with Crippen LogP contribution >= 0.6 is 0 Å². The Morgan fingerprint density at radius 1 is 0.938 bits per heavy atom. The highest BCUT2D eigenvalue weighted by atomic mass is 16.6. The van der Waals surface area contributed by atoms with E-state index >= 15 is 0 Å². The fourth-order valence-corrected chi connectivity index (χ4v) is 0.772. The van der Waals surface area contributed by atoms with Crippen LogP contribution in [-0.2, 0) is 23.7 Å². The number of esters is 1. The van der Waals surface area contributed by atoms with Gasteiger partial charge < -0.3 is 18.9 Å². The van der Waals surface area contributed by atoms with E-state index in [9.17, 15) is 4.79 Å². The maximum Gasteiger partial charge on any atom is 0.330 e. The maximum atomic E-state index is 10.6. The van der Waals surface area contributed by atoms with Crippen LogP contribution in [0, 0.1) is 0 Å². The summed E-state index contributed by atoms with van der Waals surface area (Å²) in [5.41, 5.74) is 0. The van der Waals surface area contributed by atoms with Gasteiger partial charge in [0.25, 0.3) is 0 Å². The molecule has 0 fully saturated rings. The molecule has 0 aromatic heterocycles. The lowest BCUT2D eigenvalue weighted by atomic mass is 10.6. The Morgan fingerprint density at radius 2 is 1.50 bits per heavy atom. The van der Waals surface area contributed by atoms with Crippen molar-refractivity contribution in [2.24, 2.45) is 0 Å². The van der Waals surface area contributed by atoms with Gasteiger partial charge in [-0.15, -0.1) is 0 Å². The Bertz CT molecular complexity index is 203. The molecule has 0 aliphatic rings. The van der Waals surface area contributed by atoms with Crippen LogP contribution in [0.1, 0.15) is 0 Å². The predicted octanol–water partition coefficient (Wildman–Crippen LogP) is 0.909. The Labute approximate surface area is 95.6 Å². The third-order valence-corrected chi connectivity index (χ3v) is 1.47. The van der Waals surface area contributed by atoms with E-state index in [0.29, 0.717) is 33.0 Å². The zero-order valence-corrected chi connectivity index (χ0v) is 9.35. The zero-order chi connectivity index (χ0) is 12.1. The number of hydrogen-bond acceptors (Lipinski definition) is 5. The molecule has 0 aliphatic heterocycles. The molecule has 0 bridgehead atoms. The molecular weight excluding hydrogens is 212 g/mol. The number of hydrogen-bond donors (Lipinski definition) is 0. The highest BCUT2D eigenvalue weighted by molar-refractivity contribution is 5.81. The van der Waals surface area contributed by atoms with Gasteiger partial charge in [-0.3, -0.25) is 0 Å². The van der Waals surface area contributed by atoms with Gasteiger partial charge in [0.2, 0.25) is 0 Å². The lowest BCUT2D eigenvalue weighted by Gasteiger charge is -2.05. The third-order valence-electron chi connectivity index (χ3n) is 1.47. The second kappa shape index (κ2) is 11.7. The van der Waals surface area contributed by atoms with Gasteiger partial charge in [0.15, 0.2) is 0 Å². The Hall–Kier alpha value is -1.33. The Morgan fingerprint density at radius 3 is 2.06 bits per heavy atom. The second-order valence-electron chi connectivity index (χ2n) is 2.63. The summed E-state index contributed by atoms with van der Waals surface area (Å²) in [7, 11) is 0. The zero-order valence-electron chi connectivity index (χ0n) is 9.35. The first-order chi connectivity index (χ1) is 7.81. The van der Waals surface area contributed by atoms with E-state index in [1.165, 1.54) is 6.26 Å². The van der Waals surface area contributed by atoms with Crippen molar-refractivity contribution >= 4 is 5.97 Å². The first kappa shape index (κ1) is 14.7. The van der Waals surface area contributed by atoms with Crippen molar-refractivity contribution in [2.45, 2.75) is 0 Å². The molecule has 0 heterocycles. The van der Waals surface area contributed by atoms with Gasteiger partial charge in [0, 0.05) is 6.08 Å². The molecule has 0 amide bonds. The minimum absolute atomic E-state index is 0.227. The van der Waals surface area contributed by atoms with Crippen LogP contribution in [0.2, 0.25) is 0 Å². The largest absolute Gasteiger partial charge is 0.499 e. The number of rotatable bonds is 11. The summed E-state index contributed by atoms with van der Waals surface area (Å²) < 4.78 is 19.8. The van der Waals surface area contributed by atoms with Gasteiger partial charge in [0.1, 0.15) is 13.2 Å². The van der Waals surface area contributed by atoms with Gasteiger partial charge in [-0.05, 0) is 0 Å². The molecule has 0 radical (unpaired) electrons. The molecule has 5 heteroatoms. The molecule has 0 saturated carbocycles. The van der Waals surface area contributed by atoms with Crippen LogP contribution < -0.4 is 0 Å². The lowest BCUT2D eigenvalue weighted by Crippen LogP contribution is -2.12. The predicted molar refractivity (Wildman–Crippen MR) is 58.9 cm³/mol. The molecule has 0 saturated heterocycles. The van der Waals surface area contributed by atoms with Gasteiger partial charge in [-0.1, -0.05) is 13.2 Å². The van der Waals surface area contributed by atoms with Crippen molar-refractivity contribution < 1.29 is 23.7 Å². The highest BCUT2D eigenvalue weighted by Crippen LogP contribution is 1.83. The summed E-state index contributed by atoms with van der Waals surface area (Å²) in [6.45, 7) is 9.18. The van der Waals surface area contributed by atoms with Crippen LogP contribution in [0.5, 0.6) is 0 Å². The average Bonchev–Trinajstić information content (AvgIpc) is 2.31. The minimum atomic E-state index is -0.443. The quantitative estimate of drug-likeness (QED) is 0.228. The molecule has 92 valence electrons. The molecule has 0 aromatic rings. The average molecular weight is 230 g/mol. The van der Waals surface area contributed by atoms with Crippen molar-refractivity contribution in [1.82, 2.24) is 0 Å². The van der Waals surface area contributed by atoms with Gasteiger partial charge in [-0.2, -0.15) is 0 Å². The first-order valence-corrected chi connectivity index (χ1v) is 4.98. The van der Waals surface area contributed by atoms with Crippen LogP contribution in [0.4, 0.5) is 0 Å². The topological polar surface area (TPSA) is 54.0 Å². The van der Waals surface area contributed by atoms with Crippen molar-refractivity contribution in [3.05, 3.63) is 25.5 Å². The number of ether oxygens (including phenoxy) is 4. The molecular formula is C11H18O5. The Kier molecular flexibility index (Phi) is 10.8. The summed E-state index contributed by atoms with van der Waals surface area (Å²) in [4.78, 5) is 10.6. The first-order valence-electron chi connectivity index (χ1n) is 4.98. The fourth-order valence-electron chi connectivity index (χ4n) is 0.772. The summed E-state index contributed by atoms with van der Waals surface area (Å²) >= 11 is 0. The fraction of sp³-hybridized carbons (Fsp3) is 0.545. The van der Waals surface area contributed by atoms with E-state index in [2.05, 4.69) is 13.2 Å². The molecule has 0 aromatic carbocycles. The van der Waals surface area contributed by atoms with Crippen molar-refractivity contribution in [3.63, 3.8) is 0 Å². The van der Waals surface area contributed by atoms with Crippen LogP contribution in [0.25, 0.3) is 0 Å². The summed E-state index contributed by atoms with van der Waals surface area (Å²) in [5, 5.41) is 0. The van der Waals surface area contributed by atoms with Gasteiger partial charge >= 0.3 is 5.97 Å². The second-order valence-corrected chi connectivity index (χ2v) is 2.63. The molecule has 0 aliphatic carbocycles. The molecule has 16 heavy (non-hydrogen) atoms. The summed E-state index contributed by atoms with van der Waals surface area (Å²) in [6, 6.07) is 0. The number of carbonyl (C=O) groups is 1. The summed E-state index contributed by atoms with van der Waals surface area (Å²) in [6.07, 6.45) is 2.48. The van der Waals surface area contributed by atoms with Crippen molar-refractivity contribution in [2.75, 3.05) is 39.6 Å². The molecule has 0 atom stereocenters. The highest BCUT2D eigenvalue weighted by Gasteiger charge is 1.94. The van der Waals surface area contributed by atoms with E-state index in [1.54, 1.807) is 0 Å². The van der Waals surface area contributed by atoms with Gasteiger partial charge in [0.05, 0.1) is 32.7 Å². The normalized spacial score (nSPS) is 9.50. The monoisotopic (exact) mass is 230 g/mol. The maximum absolute atomic E-state index is 10.6. The Balaban J connectivity index is 3.01. The van der Waals surface area contributed by atoms with E-state index in [-0.39, 0.29) is 6.61 Å². The molecule has 0 unspecified atom stereocenters. The molecule has 0 N–H and O–H groups in total. The van der Waals surface area contributed by atoms with Crippen LogP contribution in [-0.4, -0.2) is 45.6 Å². The van der Waals surface area contributed by atoms with E-state index in [1.807, 2.05) is 0 Å². The molecule has 5 nitrogen and oxygen atoms in total. The van der Waals surface area contributed by atoms with E-state index in [4.69, 9.17) is 18.9 Å². The van der Waals surface area contributed by atoms with Crippen LogP contribution in [0.3, 0.4) is 0 Å². The minimum Gasteiger partial charge on any atom is -0.499 e. The van der Waals surface area contributed by atoms with Crippen molar-refractivity contribution in [3.8, 4) is 0 Å². The smallest absolute Gasteiger partial charge is 0.330 e. The van der Waals surface area contributed by atoms with Crippen molar-refractivity contribution in [1.29, 1.82) is 0 Å². The lowest BCUT2D eigenvalue weighted by molar-refractivity contribution is -0.139. The standard InChI is InChI=1S/C11H18O5/c1-3-11(12)16-10-9-15-8-7-14-6-5-13-4-2/h3-4H,1-2,5-10H2. The molecule has 0 rings (SSSR count). The van der Waals surface area contributed by atoms with E-state index < -0.39 is 5.97 Å². The molecule has 0 spiro atoms. The van der Waals surface area contributed by atoms with E-state index in [0.717, 1.165) is 6.08 Å². The van der Waals surface area contributed by atoms with Crippen LogP contribution in [0.15, 0.2) is 25.5 Å². The number of carbonyl (C=O) groups excluding carboxylic acids is 1. The SMILES string of the molecule is C=COCCOCCOCCOC(=O)C=C. The third kappa shape index (κ3) is 10.7.